The molecule has 1 aliphatic heterocycles. The number of aromatic amines is 1. The number of ether oxygens (including phenoxy) is 2. The van der Waals surface area contributed by atoms with Crippen LogP contribution in [0.1, 0.15) is 0 Å². The molecule has 1 aliphatic rings. The summed E-state index contributed by atoms with van der Waals surface area (Å²) in [5.74, 6) is 2.11. The number of piperazine rings is 1. The van der Waals surface area contributed by atoms with Crippen molar-refractivity contribution in [1.82, 2.24) is 29.8 Å². The molecule has 222 valence electrons. The van der Waals surface area contributed by atoms with Gasteiger partial charge in [-0.3, -0.25) is 0 Å². The number of fused-ring (bicyclic) bond motifs is 3. The Labute approximate surface area is 252 Å². The number of nitrogens with zero attached hydrogens (tertiary/aromatic N) is 6. The molecule has 16 heteroatoms. The van der Waals surface area contributed by atoms with Gasteiger partial charge in [-0.15, -0.1) is 0 Å². The van der Waals surface area contributed by atoms with Crippen LogP contribution in [0.15, 0.2) is 59.8 Å². The van der Waals surface area contributed by atoms with Crippen molar-refractivity contribution >= 4 is 72.7 Å². The molecule has 6 rings (SSSR count). The number of aromatic nitrogens is 5. The molecule has 43 heavy (non-hydrogen) atoms. The normalized spacial score (nSPS) is 13.7. The second-order valence-corrected chi connectivity index (χ2v) is 11.7. The van der Waals surface area contributed by atoms with Crippen molar-refractivity contribution in [2.45, 2.75) is 4.90 Å². The second-order valence-electron chi connectivity index (χ2n) is 9.61. The van der Waals surface area contributed by atoms with Crippen LogP contribution in [0.2, 0.25) is 0 Å². The summed E-state index contributed by atoms with van der Waals surface area (Å²) in [6.07, 6.45) is 2.92. The Kier molecular flexibility index (Phi) is 7.45. The molecule has 1 fully saturated rings. The third-order valence-corrected chi connectivity index (χ3v) is 8.73. The number of nitrogens with one attached hydrogen (secondary N) is 3. The number of benzene rings is 2. The summed E-state index contributed by atoms with van der Waals surface area (Å²) in [6, 6.07) is 11.7. The van der Waals surface area contributed by atoms with Gasteiger partial charge < -0.3 is 35.3 Å². The standard InChI is InChI=1S/C27H28N10O4S2/c1-40-20-14-18-19(15-21(20)41-2)32-23-22(18)24(34-25(28)33-23)36-10-12-37(13-11-36)27(42)31-16-4-6-17(7-5-16)43(38,39)35-26-29-8-3-9-30-26/h3-9,14-15H,10-13H2,1-2H3,(H,31,42)(H,29,30,35)(H3,28,32,33,34). The average molecular weight is 621 g/mol. The fraction of sp³-hybridized carbons (Fsp3) is 0.222. The van der Waals surface area contributed by atoms with Crippen LogP contribution in [0.25, 0.3) is 21.9 Å². The third kappa shape index (κ3) is 5.61. The lowest BCUT2D eigenvalue weighted by Gasteiger charge is -2.37. The highest BCUT2D eigenvalue weighted by Crippen LogP contribution is 2.38. The highest BCUT2D eigenvalue weighted by Gasteiger charge is 2.25. The van der Waals surface area contributed by atoms with Crippen LogP contribution < -0.4 is 30.1 Å². The number of nitrogens with two attached hydrogens (primary N) is 1. The van der Waals surface area contributed by atoms with Crippen LogP contribution in [0.3, 0.4) is 0 Å². The largest absolute Gasteiger partial charge is 0.493 e. The molecule has 0 aliphatic carbocycles. The molecule has 14 nitrogen and oxygen atoms in total. The predicted molar refractivity (Wildman–Crippen MR) is 168 cm³/mol. The molecule has 4 heterocycles. The summed E-state index contributed by atoms with van der Waals surface area (Å²) < 4.78 is 38.7. The first kappa shape index (κ1) is 28.2. The summed E-state index contributed by atoms with van der Waals surface area (Å²) in [4.78, 5) is 24.4. The van der Waals surface area contributed by atoms with Crippen LogP contribution in [-0.4, -0.2) is 83.7 Å². The molecular formula is C27H28N10O4S2. The Bertz CT molecular complexity index is 1910. The maximum absolute atomic E-state index is 12.7. The molecule has 1 saturated heterocycles. The number of anilines is 4. The van der Waals surface area contributed by atoms with Gasteiger partial charge in [0.05, 0.1) is 30.0 Å². The highest BCUT2D eigenvalue weighted by atomic mass is 32.2. The van der Waals surface area contributed by atoms with Crippen molar-refractivity contribution < 1.29 is 17.9 Å². The first-order chi connectivity index (χ1) is 20.8. The van der Waals surface area contributed by atoms with Gasteiger partial charge in [0, 0.05) is 55.7 Å². The molecule has 5 aromatic rings. The minimum atomic E-state index is -3.83. The van der Waals surface area contributed by atoms with Crippen LogP contribution in [0, 0.1) is 0 Å². The third-order valence-electron chi connectivity index (χ3n) is 7.03. The smallest absolute Gasteiger partial charge is 0.264 e. The lowest BCUT2D eigenvalue weighted by Crippen LogP contribution is -2.50. The van der Waals surface area contributed by atoms with Gasteiger partial charge >= 0.3 is 0 Å². The van der Waals surface area contributed by atoms with E-state index in [0.29, 0.717) is 54.1 Å². The van der Waals surface area contributed by atoms with Crippen LogP contribution in [0.4, 0.5) is 23.4 Å². The Hall–Kier alpha value is -4.96. The number of methoxy groups -OCH3 is 2. The summed E-state index contributed by atoms with van der Waals surface area (Å²) in [5.41, 5.74) is 8.22. The molecule has 5 N–H and O–H groups in total. The molecule has 3 aromatic heterocycles. The van der Waals surface area contributed by atoms with E-state index in [9.17, 15) is 8.42 Å². The van der Waals surface area contributed by atoms with Crippen molar-refractivity contribution in [3.05, 3.63) is 54.9 Å². The number of hydrogen-bond acceptors (Lipinski definition) is 11. The van der Waals surface area contributed by atoms with E-state index in [1.807, 2.05) is 12.1 Å². The number of nitrogen functional groups attached to an aromatic ring is 1. The van der Waals surface area contributed by atoms with Gasteiger partial charge in [-0.05, 0) is 48.6 Å². The van der Waals surface area contributed by atoms with E-state index < -0.39 is 10.0 Å². The minimum Gasteiger partial charge on any atom is -0.493 e. The molecule has 0 amide bonds. The van der Waals surface area contributed by atoms with Gasteiger partial charge in [-0.2, -0.15) is 9.97 Å². The second kappa shape index (κ2) is 11.4. The number of sulfonamides is 1. The lowest BCUT2D eigenvalue weighted by atomic mass is 10.1. The van der Waals surface area contributed by atoms with Crippen molar-refractivity contribution in [2.75, 3.05) is 61.1 Å². The molecule has 0 unspecified atom stereocenters. The van der Waals surface area contributed by atoms with Crippen molar-refractivity contribution in [1.29, 1.82) is 0 Å². The zero-order valence-electron chi connectivity index (χ0n) is 23.2. The maximum atomic E-state index is 12.7. The number of thiocarbonyl (C=S) groups is 1. The fourth-order valence-corrected chi connectivity index (χ4v) is 6.18. The number of rotatable bonds is 7. The predicted octanol–water partition coefficient (Wildman–Crippen LogP) is 2.82. The Morgan fingerprint density at radius 3 is 2.35 bits per heavy atom. The molecule has 0 saturated carbocycles. The van der Waals surface area contributed by atoms with Gasteiger partial charge in [0.2, 0.25) is 11.9 Å². The van der Waals surface area contributed by atoms with Crippen LogP contribution >= 0.6 is 12.2 Å². The van der Waals surface area contributed by atoms with E-state index in [-0.39, 0.29) is 16.8 Å². The van der Waals surface area contributed by atoms with Crippen LogP contribution in [-0.2, 0) is 10.0 Å². The minimum absolute atomic E-state index is 0.0000537. The zero-order chi connectivity index (χ0) is 30.1. The zero-order valence-corrected chi connectivity index (χ0v) is 24.9. The van der Waals surface area contributed by atoms with Crippen LogP contribution in [0.5, 0.6) is 11.5 Å². The van der Waals surface area contributed by atoms with E-state index >= 15 is 0 Å². The van der Waals surface area contributed by atoms with Crippen molar-refractivity contribution in [2.24, 2.45) is 0 Å². The SMILES string of the molecule is COc1cc2[nH]c3nc(N)nc(N4CCN(C(=S)Nc5ccc(S(=O)(=O)Nc6ncccn6)cc5)CC4)c3c2cc1OC. The first-order valence-electron chi connectivity index (χ1n) is 13.2. The van der Waals surface area contributed by atoms with Gasteiger partial charge in [-0.1, -0.05) is 0 Å². The van der Waals surface area contributed by atoms with Crippen molar-refractivity contribution in [3.63, 3.8) is 0 Å². The Balaban J connectivity index is 1.14. The average Bonchev–Trinajstić information content (AvgIpc) is 3.37. The van der Waals surface area contributed by atoms with E-state index in [1.54, 1.807) is 32.4 Å². The molecule has 0 spiro atoms. The van der Waals surface area contributed by atoms with Gasteiger partial charge in [0.25, 0.3) is 10.0 Å². The number of H-pyrrole nitrogens is 1. The molecular weight excluding hydrogens is 592 g/mol. The molecule has 0 bridgehead atoms. The summed E-state index contributed by atoms with van der Waals surface area (Å²) in [5, 5.41) is 5.48. The fourth-order valence-electron chi connectivity index (χ4n) is 4.92. The topological polar surface area (TPSA) is 177 Å². The van der Waals surface area contributed by atoms with E-state index in [2.05, 4.69) is 44.8 Å². The van der Waals surface area contributed by atoms with Gasteiger partial charge in [0.15, 0.2) is 16.6 Å². The lowest BCUT2D eigenvalue weighted by molar-refractivity contribution is 0.356. The first-order valence-corrected chi connectivity index (χ1v) is 15.1. The molecule has 0 atom stereocenters. The van der Waals surface area contributed by atoms with E-state index in [4.69, 9.17) is 27.4 Å². The van der Waals surface area contributed by atoms with E-state index in [0.717, 1.165) is 22.1 Å². The monoisotopic (exact) mass is 620 g/mol. The summed E-state index contributed by atoms with van der Waals surface area (Å²) in [7, 11) is -0.646. The Morgan fingerprint density at radius 2 is 1.67 bits per heavy atom. The summed E-state index contributed by atoms with van der Waals surface area (Å²) in [6.45, 7) is 2.53. The molecule has 2 aromatic carbocycles. The quantitative estimate of drug-likeness (QED) is 0.196. The van der Waals surface area contributed by atoms with E-state index in [1.165, 1.54) is 24.5 Å². The van der Waals surface area contributed by atoms with Gasteiger partial charge in [0.1, 0.15) is 11.5 Å². The highest BCUT2D eigenvalue weighted by molar-refractivity contribution is 7.92. The Morgan fingerprint density at radius 1 is 1.00 bits per heavy atom. The summed E-state index contributed by atoms with van der Waals surface area (Å²) >= 11 is 5.68. The number of hydrogen-bond donors (Lipinski definition) is 4. The molecule has 0 radical (unpaired) electrons. The van der Waals surface area contributed by atoms with Crippen molar-refractivity contribution in [3.8, 4) is 11.5 Å². The van der Waals surface area contributed by atoms with Gasteiger partial charge in [-0.25, -0.2) is 23.1 Å². The maximum Gasteiger partial charge on any atom is 0.264 e.